The Morgan fingerprint density at radius 2 is 2.03 bits per heavy atom. The van der Waals surface area contributed by atoms with Gasteiger partial charge < -0.3 is 9.26 Å². The molecule has 0 radical (unpaired) electrons. The van der Waals surface area contributed by atoms with Gasteiger partial charge in [-0.2, -0.15) is 0 Å². The van der Waals surface area contributed by atoms with Crippen LogP contribution in [0.5, 0.6) is 5.75 Å². The monoisotopic (exact) mass is 504 g/mol. The highest BCUT2D eigenvalue weighted by Crippen LogP contribution is 2.36. The van der Waals surface area contributed by atoms with Crippen molar-refractivity contribution in [1.82, 2.24) is 15.1 Å². The van der Waals surface area contributed by atoms with Crippen LogP contribution in [0, 0.1) is 6.92 Å². The fourth-order valence-corrected chi connectivity index (χ4v) is 4.98. The average molecular weight is 505 g/mol. The molecule has 0 saturated heterocycles. The van der Waals surface area contributed by atoms with E-state index in [1.54, 1.807) is 30.3 Å². The second-order valence-corrected chi connectivity index (χ2v) is 9.17. The molecular formula is C26H21ClN4O3S. The molecule has 0 bridgehead atoms. The number of carbonyl (C=O) groups excluding carboxylic acids is 1. The topological polar surface area (TPSA) is 81.4 Å². The van der Waals surface area contributed by atoms with Gasteiger partial charge in [0.15, 0.2) is 5.13 Å². The number of ether oxygens (including phenoxy) is 1. The molecule has 176 valence electrons. The molecule has 0 fully saturated rings. The SMILES string of the molecule is CCOc1ccc2nc(N(Cc3cccnc3)C(=O)c3c(-c4ccccc4Cl)noc3C)sc2c1. The van der Waals surface area contributed by atoms with Gasteiger partial charge >= 0.3 is 0 Å². The lowest BCUT2D eigenvalue weighted by Crippen LogP contribution is -2.31. The maximum absolute atomic E-state index is 14.1. The van der Waals surface area contributed by atoms with Crippen molar-refractivity contribution in [2.24, 2.45) is 0 Å². The van der Waals surface area contributed by atoms with E-state index >= 15 is 0 Å². The van der Waals surface area contributed by atoms with Crippen LogP contribution in [-0.4, -0.2) is 27.6 Å². The predicted molar refractivity (Wildman–Crippen MR) is 137 cm³/mol. The van der Waals surface area contributed by atoms with E-state index in [2.05, 4.69) is 10.1 Å². The van der Waals surface area contributed by atoms with E-state index in [-0.39, 0.29) is 12.5 Å². The molecule has 5 rings (SSSR count). The van der Waals surface area contributed by atoms with Crippen molar-refractivity contribution in [3.63, 3.8) is 0 Å². The molecule has 7 nitrogen and oxygen atoms in total. The van der Waals surface area contributed by atoms with Crippen molar-refractivity contribution in [3.8, 4) is 17.0 Å². The van der Waals surface area contributed by atoms with Gasteiger partial charge in [0.1, 0.15) is 22.8 Å². The number of amides is 1. The van der Waals surface area contributed by atoms with Crippen molar-refractivity contribution in [2.75, 3.05) is 11.5 Å². The normalized spacial score (nSPS) is 11.1. The molecule has 9 heteroatoms. The van der Waals surface area contributed by atoms with Gasteiger partial charge in [-0.1, -0.05) is 52.4 Å². The van der Waals surface area contributed by atoms with Gasteiger partial charge in [-0.25, -0.2) is 4.98 Å². The number of aryl methyl sites for hydroxylation is 1. The Kier molecular flexibility index (Phi) is 6.48. The molecule has 0 spiro atoms. The molecule has 0 atom stereocenters. The summed E-state index contributed by atoms with van der Waals surface area (Å²) in [5.74, 6) is 0.878. The van der Waals surface area contributed by atoms with Gasteiger partial charge in [0.25, 0.3) is 5.91 Å². The summed E-state index contributed by atoms with van der Waals surface area (Å²) in [5, 5.41) is 5.21. The molecule has 2 aromatic carbocycles. The summed E-state index contributed by atoms with van der Waals surface area (Å²) in [4.78, 5) is 24.7. The van der Waals surface area contributed by atoms with Crippen LogP contribution < -0.4 is 9.64 Å². The Morgan fingerprint density at radius 3 is 2.80 bits per heavy atom. The number of thiazole rings is 1. The molecule has 0 aliphatic carbocycles. The number of pyridine rings is 1. The zero-order valence-corrected chi connectivity index (χ0v) is 20.6. The van der Waals surface area contributed by atoms with Crippen molar-refractivity contribution in [1.29, 1.82) is 0 Å². The lowest BCUT2D eigenvalue weighted by Gasteiger charge is -2.20. The van der Waals surface area contributed by atoms with E-state index in [1.165, 1.54) is 11.3 Å². The highest BCUT2D eigenvalue weighted by molar-refractivity contribution is 7.22. The molecule has 5 aromatic rings. The van der Waals surface area contributed by atoms with Crippen molar-refractivity contribution >= 4 is 44.2 Å². The standard InChI is InChI=1S/C26H21ClN4O3S/c1-3-33-18-10-11-21-22(13-18)35-26(29-21)31(15-17-7-6-12-28-14-17)25(32)23-16(2)34-30-24(23)19-8-4-5-9-20(19)27/h4-14H,3,15H2,1-2H3. The van der Waals surface area contributed by atoms with Crippen molar-refractivity contribution < 1.29 is 14.1 Å². The number of hydrogen-bond donors (Lipinski definition) is 0. The van der Waals surface area contributed by atoms with E-state index in [0.29, 0.717) is 39.3 Å². The number of aromatic nitrogens is 3. The molecule has 35 heavy (non-hydrogen) atoms. The minimum Gasteiger partial charge on any atom is -0.494 e. The van der Waals surface area contributed by atoms with Crippen LogP contribution in [0.25, 0.3) is 21.5 Å². The molecule has 3 aromatic heterocycles. The molecular weight excluding hydrogens is 484 g/mol. The van der Waals surface area contributed by atoms with Gasteiger partial charge in [-0.05, 0) is 49.7 Å². The Balaban J connectivity index is 1.61. The third kappa shape index (κ3) is 4.62. The fourth-order valence-electron chi connectivity index (χ4n) is 3.76. The quantitative estimate of drug-likeness (QED) is 0.250. The summed E-state index contributed by atoms with van der Waals surface area (Å²) in [5.41, 5.74) is 3.01. The van der Waals surface area contributed by atoms with Crippen molar-refractivity contribution in [2.45, 2.75) is 20.4 Å². The second-order valence-electron chi connectivity index (χ2n) is 7.75. The summed E-state index contributed by atoms with van der Waals surface area (Å²) in [6.45, 7) is 4.50. The zero-order chi connectivity index (χ0) is 24.4. The maximum Gasteiger partial charge on any atom is 0.266 e. The summed E-state index contributed by atoms with van der Waals surface area (Å²) >= 11 is 7.85. The van der Waals surface area contributed by atoms with Crippen LogP contribution in [0.4, 0.5) is 5.13 Å². The number of rotatable bonds is 7. The van der Waals surface area contributed by atoms with Gasteiger partial charge in [0, 0.05) is 18.0 Å². The smallest absolute Gasteiger partial charge is 0.266 e. The molecule has 0 aliphatic heterocycles. The fraction of sp³-hybridized carbons (Fsp3) is 0.154. The first-order valence-corrected chi connectivity index (χ1v) is 12.2. The summed E-state index contributed by atoms with van der Waals surface area (Å²) in [6, 6.07) is 16.7. The number of carbonyl (C=O) groups is 1. The van der Waals surface area contributed by atoms with Gasteiger partial charge in [0.2, 0.25) is 0 Å². The average Bonchev–Trinajstić information content (AvgIpc) is 3.46. The van der Waals surface area contributed by atoms with Crippen molar-refractivity contribution in [3.05, 3.63) is 88.9 Å². The highest BCUT2D eigenvalue weighted by Gasteiger charge is 2.30. The number of nitrogens with zero attached hydrogens (tertiary/aromatic N) is 4. The van der Waals surface area contributed by atoms with Crippen LogP contribution in [0.15, 0.2) is 71.5 Å². The Morgan fingerprint density at radius 1 is 1.17 bits per heavy atom. The summed E-state index contributed by atoms with van der Waals surface area (Å²) in [7, 11) is 0. The molecule has 0 aliphatic rings. The number of benzene rings is 2. The highest BCUT2D eigenvalue weighted by atomic mass is 35.5. The van der Waals surface area contributed by atoms with Crippen LogP contribution in [0.1, 0.15) is 28.6 Å². The Bertz CT molecular complexity index is 1500. The molecule has 1 amide bonds. The first-order valence-electron chi connectivity index (χ1n) is 11.0. The van der Waals surface area contributed by atoms with Gasteiger partial charge in [-0.3, -0.25) is 14.7 Å². The molecule has 0 unspecified atom stereocenters. The largest absolute Gasteiger partial charge is 0.494 e. The zero-order valence-electron chi connectivity index (χ0n) is 19.1. The maximum atomic E-state index is 14.1. The van der Waals surface area contributed by atoms with E-state index in [9.17, 15) is 4.79 Å². The van der Waals surface area contributed by atoms with Crippen LogP contribution >= 0.6 is 22.9 Å². The first kappa shape index (κ1) is 23.0. The predicted octanol–water partition coefficient (Wildman–Crippen LogP) is 6.55. The third-order valence-corrected chi connectivity index (χ3v) is 6.78. The van der Waals surface area contributed by atoms with Gasteiger partial charge in [-0.15, -0.1) is 0 Å². The Hall–Kier alpha value is -3.75. The van der Waals surface area contributed by atoms with Crippen LogP contribution in [-0.2, 0) is 6.54 Å². The number of hydrogen-bond acceptors (Lipinski definition) is 7. The third-order valence-electron chi connectivity index (χ3n) is 5.40. The number of anilines is 1. The second kappa shape index (κ2) is 9.85. The molecule has 0 N–H and O–H groups in total. The number of halogens is 1. The molecule has 3 heterocycles. The number of fused-ring (bicyclic) bond motifs is 1. The van der Waals surface area contributed by atoms with E-state index in [0.717, 1.165) is 21.5 Å². The minimum atomic E-state index is -0.286. The lowest BCUT2D eigenvalue weighted by atomic mass is 10.0. The first-order chi connectivity index (χ1) is 17.0. The summed E-state index contributed by atoms with van der Waals surface area (Å²) in [6.07, 6.45) is 3.43. The summed E-state index contributed by atoms with van der Waals surface area (Å²) < 4.78 is 12.0. The van der Waals surface area contributed by atoms with Crippen LogP contribution in [0.2, 0.25) is 5.02 Å². The van der Waals surface area contributed by atoms with Gasteiger partial charge in [0.05, 0.1) is 28.4 Å². The van der Waals surface area contributed by atoms with E-state index < -0.39 is 0 Å². The molecule has 0 saturated carbocycles. The van der Waals surface area contributed by atoms with E-state index in [1.807, 2.05) is 55.5 Å². The Labute approximate surface area is 210 Å². The minimum absolute atomic E-state index is 0.275. The lowest BCUT2D eigenvalue weighted by molar-refractivity contribution is 0.0984. The van der Waals surface area contributed by atoms with E-state index in [4.69, 9.17) is 25.8 Å². The van der Waals surface area contributed by atoms with Crippen LogP contribution in [0.3, 0.4) is 0 Å².